The molecule has 0 radical (unpaired) electrons. The lowest BCUT2D eigenvalue weighted by Gasteiger charge is -2.24. The van der Waals surface area contributed by atoms with Crippen molar-refractivity contribution in [3.05, 3.63) is 48.3 Å². The van der Waals surface area contributed by atoms with Gasteiger partial charge in [-0.1, -0.05) is 23.4 Å². The Morgan fingerprint density at radius 3 is 2.83 bits per heavy atom. The van der Waals surface area contributed by atoms with Crippen LogP contribution in [0.3, 0.4) is 0 Å². The Balaban J connectivity index is 2.06. The highest BCUT2D eigenvalue weighted by Gasteiger charge is 2.38. The van der Waals surface area contributed by atoms with E-state index in [4.69, 9.17) is 4.84 Å². The van der Waals surface area contributed by atoms with Crippen LogP contribution in [-0.2, 0) is 9.63 Å². The zero-order valence-corrected chi connectivity index (χ0v) is 12.0. The van der Waals surface area contributed by atoms with Gasteiger partial charge in [0.15, 0.2) is 0 Å². The predicted molar refractivity (Wildman–Crippen MR) is 75.3 cm³/mol. The van der Waals surface area contributed by atoms with E-state index in [0.717, 1.165) is 0 Å². The van der Waals surface area contributed by atoms with Gasteiger partial charge >= 0.3 is 6.18 Å². The van der Waals surface area contributed by atoms with Crippen molar-refractivity contribution in [2.75, 3.05) is 13.1 Å². The van der Waals surface area contributed by atoms with E-state index in [0.29, 0.717) is 16.2 Å². The number of halogens is 4. The largest absolute Gasteiger partial charge is 0.406 e. The fourth-order valence-corrected chi connectivity index (χ4v) is 2.16. The first kappa shape index (κ1) is 17.0. The van der Waals surface area contributed by atoms with Crippen molar-refractivity contribution in [1.82, 2.24) is 4.90 Å². The molecule has 0 spiro atoms. The van der Waals surface area contributed by atoms with Crippen LogP contribution in [0.25, 0.3) is 0 Å². The van der Waals surface area contributed by atoms with Gasteiger partial charge in [0.1, 0.15) is 12.4 Å². The average Bonchev–Trinajstić information content (AvgIpc) is 2.94. The van der Waals surface area contributed by atoms with Crippen molar-refractivity contribution in [3.63, 3.8) is 0 Å². The van der Waals surface area contributed by atoms with Gasteiger partial charge in [0, 0.05) is 18.5 Å². The third-order valence-corrected chi connectivity index (χ3v) is 3.13. The molecule has 1 amide bonds. The third-order valence-electron chi connectivity index (χ3n) is 3.13. The third kappa shape index (κ3) is 4.54. The summed E-state index contributed by atoms with van der Waals surface area (Å²) >= 11 is 0. The number of carbonyl (C=O) groups is 1. The Labute approximate surface area is 130 Å². The summed E-state index contributed by atoms with van der Waals surface area (Å²) in [5.41, 5.74) is 0.736. The first-order valence-corrected chi connectivity index (χ1v) is 6.75. The predicted octanol–water partition coefficient (Wildman–Crippen LogP) is 2.90. The maximum atomic E-state index is 13.2. The summed E-state index contributed by atoms with van der Waals surface area (Å²) in [5.74, 6) is -1.32. The molecule has 1 aliphatic rings. The van der Waals surface area contributed by atoms with Crippen LogP contribution in [0.1, 0.15) is 12.0 Å². The second-order valence-electron chi connectivity index (χ2n) is 4.97. The monoisotopic (exact) mass is 330 g/mol. The van der Waals surface area contributed by atoms with E-state index in [-0.39, 0.29) is 13.0 Å². The molecule has 1 aliphatic heterocycles. The van der Waals surface area contributed by atoms with E-state index in [1.165, 1.54) is 24.3 Å². The molecular formula is C15H14F4N2O2. The van der Waals surface area contributed by atoms with E-state index in [1.54, 1.807) is 6.07 Å². The van der Waals surface area contributed by atoms with E-state index >= 15 is 0 Å². The Morgan fingerprint density at radius 2 is 2.22 bits per heavy atom. The summed E-state index contributed by atoms with van der Waals surface area (Å²) in [7, 11) is 0. The van der Waals surface area contributed by atoms with Crippen LogP contribution in [0.5, 0.6) is 0 Å². The molecule has 1 unspecified atom stereocenters. The second-order valence-corrected chi connectivity index (χ2v) is 4.97. The summed E-state index contributed by atoms with van der Waals surface area (Å²) in [6, 6.07) is 5.51. The van der Waals surface area contributed by atoms with Crippen molar-refractivity contribution < 1.29 is 27.2 Å². The average molecular weight is 330 g/mol. The van der Waals surface area contributed by atoms with Crippen molar-refractivity contribution >= 4 is 11.6 Å². The molecule has 23 heavy (non-hydrogen) atoms. The van der Waals surface area contributed by atoms with Crippen LogP contribution in [0.15, 0.2) is 42.1 Å². The van der Waals surface area contributed by atoms with Crippen molar-refractivity contribution in [1.29, 1.82) is 0 Å². The highest BCUT2D eigenvalue weighted by molar-refractivity contribution is 6.04. The summed E-state index contributed by atoms with van der Waals surface area (Å²) in [4.78, 5) is 17.7. The SMILES string of the molecule is C=CCN(CC(F)(F)F)C(=O)C1CC(c2cccc(F)c2)=NO1. The van der Waals surface area contributed by atoms with Gasteiger partial charge in [0.05, 0.1) is 5.71 Å². The molecule has 0 saturated carbocycles. The van der Waals surface area contributed by atoms with Gasteiger partial charge in [-0.25, -0.2) is 4.39 Å². The van der Waals surface area contributed by atoms with Crippen molar-refractivity contribution in [2.45, 2.75) is 18.7 Å². The van der Waals surface area contributed by atoms with Crippen LogP contribution >= 0.6 is 0 Å². The van der Waals surface area contributed by atoms with E-state index in [9.17, 15) is 22.4 Å². The molecule has 0 N–H and O–H groups in total. The Bertz CT molecular complexity index is 628. The molecule has 1 aromatic carbocycles. The first-order valence-electron chi connectivity index (χ1n) is 6.75. The van der Waals surface area contributed by atoms with Gasteiger partial charge in [-0.2, -0.15) is 13.2 Å². The van der Waals surface area contributed by atoms with Gasteiger partial charge in [0.2, 0.25) is 6.10 Å². The van der Waals surface area contributed by atoms with E-state index in [1.807, 2.05) is 0 Å². The summed E-state index contributed by atoms with van der Waals surface area (Å²) in [5, 5.41) is 3.68. The standard InChI is InChI=1S/C15H14F4N2O2/c1-2-6-21(9-15(17,18)19)14(22)13-8-12(20-23-13)10-4-3-5-11(16)7-10/h2-5,7,13H,1,6,8-9H2. The smallest absolute Gasteiger partial charge is 0.382 e. The minimum Gasteiger partial charge on any atom is -0.382 e. The molecule has 2 rings (SSSR count). The Morgan fingerprint density at radius 1 is 1.48 bits per heavy atom. The lowest BCUT2D eigenvalue weighted by Crippen LogP contribution is -2.44. The molecule has 0 aromatic heterocycles. The number of oxime groups is 1. The second kappa shape index (κ2) is 6.80. The van der Waals surface area contributed by atoms with Gasteiger partial charge in [0.25, 0.3) is 5.91 Å². The highest BCUT2D eigenvalue weighted by atomic mass is 19.4. The molecule has 4 nitrogen and oxygen atoms in total. The summed E-state index contributed by atoms with van der Waals surface area (Å²) < 4.78 is 50.8. The highest BCUT2D eigenvalue weighted by Crippen LogP contribution is 2.22. The molecule has 0 bridgehead atoms. The molecule has 0 saturated heterocycles. The van der Waals surface area contributed by atoms with Crippen LogP contribution in [0.4, 0.5) is 17.6 Å². The van der Waals surface area contributed by atoms with Crippen LogP contribution < -0.4 is 0 Å². The minimum atomic E-state index is -4.52. The van der Waals surface area contributed by atoms with Gasteiger partial charge in [-0.05, 0) is 12.1 Å². The molecule has 0 aliphatic carbocycles. The summed E-state index contributed by atoms with van der Waals surface area (Å²) in [6.07, 6.45) is -4.50. The number of alkyl halides is 3. The normalized spacial score (nSPS) is 17.4. The zero-order valence-electron chi connectivity index (χ0n) is 12.0. The van der Waals surface area contributed by atoms with Gasteiger partial charge in [-0.3, -0.25) is 4.79 Å². The quantitative estimate of drug-likeness (QED) is 0.615. The van der Waals surface area contributed by atoms with E-state index < -0.39 is 30.5 Å². The topological polar surface area (TPSA) is 41.9 Å². The molecule has 1 heterocycles. The fourth-order valence-electron chi connectivity index (χ4n) is 2.16. The maximum Gasteiger partial charge on any atom is 0.406 e. The minimum absolute atomic E-state index is 0.0201. The van der Waals surface area contributed by atoms with Crippen molar-refractivity contribution in [3.8, 4) is 0 Å². The van der Waals surface area contributed by atoms with Crippen molar-refractivity contribution in [2.24, 2.45) is 5.16 Å². The van der Waals surface area contributed by atoms with Crippen LogP contribution in [0, 0.1) is 5.82 Å². The maximum absolute atomic E-state index is 13.2. The van der Waals surface area contributed by atoms with Gasteiger partial charge in [-0.15, -0.1) is 6.58 Å². The lowest BCUT2D eigenvalue weighted by atomic mass is 10.0. The number of hydrogen-bond donors (Lipinski definition) is 0. The molecule has 8 heteroatoms. The van der Waals surface area contributed by atoms with Crippen LogP contribution in [0.2, 0.25) is 0 Å². The number of nitrogens with zero attached hydrogens (tertiary/aromatic N) is 2. The molecule has 124 valence electrons. The fraction of sp³-hybridized carbons (Fsp3) is 0.333. The number of hydrogen-bond acceptors (Lipinski definition) is 3. The first-order chi connectivity index (χ1) is 10.8. The molecule has 1 aromatic rings. The Kier molecular flexibility index (Phi) is 5.02. The molecule has 0 fully saturated rings. The number of rotatable bonds is 5. The van der Waals surface area contributed by atoms with E-state index in [2.05, 4.69) is 11.7 Å². The number of carbonyl (C=O) groups excluding carboxylic acids is 1. The Hall–Kier alpha value is -2.38. The van der Waals surface area contributed by atoms with Crippen LogP contribution in [-0.4, -0.2) is 41.9 Å². The van der Waals surface area contributed by atoms with Gasteiger partial charge < -0.3 is 9.74 Å². The zero-order chi connectivity index (χ0) is 17.0. The molecular weight excluding hydrogens is 316 g/mol. The molecule has 1 atom stereocenters. The number of benzene rings is 1. The lowest BCUT2D eigenvalue weighted by molar-refractivity contribution is -0.166. The summed E-state index contributed by atoms with van der Waals surface area (Å²) in [6.45, 7) is 1.69. The number of amides is 1.